The predicted octanol–water partition coefficient (Wildman–Crippen LogP) is 3.15. The Hall–Kier alpha value is -3.78. The maximum absolute atomic E-state index is 12.6. The van der Waals surface area contributed by atoms with Gasteiger partial charge in [0.1, 0.15) is 5.76 Å². The molecule has 0 saturated heterocycles. The van der Waals surface area contributed by atoms with Crippen molar-refractivity contribution in [3.63, 3.8) is 0 Å². The fourth-order valence-corrected chi connectivity index (χ4v) is 4.05. The molecule has 1 aliphatic heterocycles. The number of rotatable bonds is 7. The lowest BCUT2D eigenvalue weighted by atomic mass is 9.98. The number of hydrogen-bond acceptors (Lipinski definition) is 6. The smallest absolute Gasteiger partial charge is 0.313 e. The van der Waals surface area contributed by atoms with Crippen LogP contribution in [0.15, 0.2) is 65.3 Å². The summed E-state index contributed by atoms with van der Waals surface area (Å²) in [5.41, 5.74) is 3.03. The molecule has 2 heterocycles. The van der Waals surface area contributed by atoms with Crippen molar-refractivity contribution in [3.8, 4) is 11.5 Å². The molecule has 172 valence electrons. The zero-order valence-electron chi connectivity index (χ0n) is 18.7. The van der Waals surface area contributed by atoms with Crippen molar-refractivity contribution >= 4 is 17.5 Å². The van der Waals surface area contributed by atoms with Crippen LogP contribution in [0.5, 0.6) is 11.5 Å². The summed E-state index contributed by atoms with van der Waals surface area (Å²) in [5, 5.41) is 5.35. The number of anilines is 1. The Labute approximate surface area is 192 Å². The van der Waals surface area contributed by atoms with E-state index in [1.165, 1.54) is 25.3 Å². The van der Waals surface area contributed by atoms with E-state index in [-0.39, 0.29) is 12.6 Å². The monoisotopic (exact) mass is 449 g/mol. The van der Waals surface area contributed by atoms with Crippen LogP contribution in [-0.2, 0) is 22.6 Å². The van der Waals surface area contributed by atoms with E-state index in [2.05, 4.69) is 33.7 Å². The van der Waals surface area contributed by atoms with Crippen LogP contribution < -0.4 is 20.1 Å². The van der Waals surface area contributed by atoms with Crippen molar-refractivity contribution in [1.82, 2.24) is 10.2 Å². The van der Waals surface area contributed by atoms with Crippen LogP contribution >= 0.6 is 0 Å². The minimum atomic E-state index is -0.760. The summed E-state index contributed by atoms with van der Waals surface area (Å²) in [7, 11) is 3.03. The van der Waals surface area contributed by atoms with E-state index < -0.39 is 11.8 Å². The van der Waals surface area contributed by atoms with E-state index >= 15 is 0 Å². The minimum absolute atomic E-state index is 0.189. The minimum Gasteiger partial charge on any atom is -0.493 e. The number of fused-ring (bicyclic) bond motifs is 1. The molecule has 3 aromatic rings. The molecule has 2 N–H and O–H groups in total. The molecule has 1 aliphatic rings. The normalized spacial score (nSPS) is 14.1. The Morgan fingerprint density at radius 1 is 1.00 bits per heavy atom. The highest BCUT2D eigenvalue weighted by Crippen LogP contribution is 2.30. The molecule has 0 spiro atoms. The highest BCUT2D eigenvalue weighted by atomic mass is 16.5. The fraction of sp³-hybridized carbons (Fsp3) is 0.280. The number of nitrogens with one attached hydrogen (secondary N) is 2. The third kappa shape index (κ3) is 5.18. The Morgan fingerprint density at radius 3 is 2.52 bits per heavy atom. The van der Waals surface area contributed by atoms with E-state index in [9.17, 15) is 9.59 Å². The number of nitrogens with zero attached hydrogens (tertiary/aromatic N) is 1. The number of ether oxygens (including phenoxy) is 2. The molecule has 1 aromatic heterocycles. The standard InChI is InChI=1S/C25H27N3O5/c1-31-22-10-9-19(14-23(22)32-2)27-25(30)24(29)26-15-20(21-8-5-13-33-21)28-12-11-17-6-3-4-7-18(17)16-28/h3-10,13-14,20H,11-12,15-16H2,1-2H3,(H,26,29)(H,27,30)/t20-/m0/s1. The van der Waals surface area contributed by atoms with Gasteiger partial charge in [-0.1, -0.05) is 24.3 Å². The first-order valence-electron chi connectivity index (χ1n) is 10.7. The molecule has 8 nitrogen and oxygen atoms in total. The first-order chi connectivity index (χ1) is 16.1. The quantitative estimate of drug-likeness (QED) is 0.539. The van der Waals surface area contributed by atoms with Crippen LogP contribution in [0, 0.1) is 0 Å². The molecule has 0 saturated carbocycles. The van der Waals surface area contributed by atoms with Gasteiger partial charge >= 0.3 is 11.8 Å². The van der Waals surface area contributed by atoms with Gasteiger partial charge < -0.3 is 24.5 Å². The second-order valence-corrected chi connectivity index (χ2v) is 7.75. The van der Waals surface area contributed by atoms with Gasteiger partial charge in [0, 0.05) is 31.4 Å². The number of carbonyl (C=O) groups is 2. The van der Waals surface area contributed by atoms with Gasteiger partial charge in [0.05, 0.1) is 26.5 Å². The zero-order valence-corrected chi connectivity index (χ0v) is 18.7. The Kier molecular flexibility index (Phi) is 6.95. The summed E-state index contributed by atoms with van der Waals surface area (Å²) in [6.45, 7) is 1.82. The third-order valence-electron chi connectivity index (χ3n) is 5.78. The maximum Gasteiger partial charge on any atom is 0.313 e. The first kappa shape index (κ1) is 22.4. The van der Waals surface area contributed by atoms with E-state index in [4.69, 9.17) is 13.9 Å². The average molecular weight is 450 g/mol. The molecular weight excluding hydrogens is 422 g/mol. The summed E-state index contributed by atoms with van der Waals surface area (Å²) in [5.74, 6) is 0.251. The van der Waals surface area contributed by atoms with Gasteiger partial charge in [0.2, 0.25) is 0 Å². The molecule has 0 unspecified atom stereocenters. The largest absolute Gasteiger partial charge is 0.493 e. The topological polar surface area (TPSA) is 93.0 Å². The molecule has 2 amide bonds. The molecule has 0 bridgehead atoms. The summed E-state index contributed by atoms with van der Waals surface area (Å²) in [6, 6.07) is 16.8. The van der Waals surface area contributed by atoms with Gasteiger partial charge in [-0.2, -0.15) is 0 Å². The van der Waals surface area contributed by atoms with Gasteiger partial charge in [-0.15, -0.1) is 0 Å². The second-order valence-electron chi connectivity index (χ2n) is 7.75. The predicted molar refractivity (Wildman–Crippen MR) is 123 cm³/mol. The summed E-state index contributed by atoms with van der Waals surface area (Å²) in [6.07, 6.45) is 2.53. The molecule has 33 heavy (non-hydrogen) atoms. The van der Waals surface area contributed by atoms with E-state index in [1.54, 1.807) is 24.5 Å². The van der Waals surface area contributed by atoms with Crippen molar-refractivity contribution in [1.29, 1.82) is 0 Å². The van der Waals surface area contributed by atoms with Crippen molar-refractivity contribution in [2.45, 2.75) is 19.0 Å². The van der Waals surface area contributed by atoms with Crippen molar-refractivity contribution in [2.75, 3.05) is 32.6 Å². The molecule has 8 heteroatoms. The van der Waals surface area contributed by atoms with Crippen molar-refractivity contribution in [3.05, 3.63) is 77.7 Å². The highest BCUT2D eigenvalue weighted by molar-refractivity contribution is 6.39. The van der Waals surface area contributed by atoms with Crippen LogP contribution in [0.1, 0.15) is 22.9 Å². The molecule has 0 fully saturated rings. The Balaban J connectivity index is 1.41. The van der Waals surface area contributed by atoms with E-state index in [1.807, 2.05) is 18.2 Å². The van der Waals surface area contributed by atoms with E-state index in [0.717, 1.165) is 25.3 Å². The number of carbonyl (C=O) groups excluding carboxylic acids is 2. The fourth-order valence-electron chi connectivity index (χ4n) is 4.05. The van der Waals surface area contributed by atoms with Crippen LogP contribution in [0.25, 0.3) is 0 Å². The number of amides is 2. The van der Waals surface area contributed by atoms with Crippen molar-refractivity contribution < 1.29 is 23.5 Å². The Bertz CT molecular complexity index is 1110. The lowest BCUT2D eigenvalue weighted by molar-refractivity contribution is -0.136. The van der Waals surface area contributed by atoms with Crippen LogP contribution in [0.3, 0.4) is 0 Å². The molecule has 4 rings (SSSR count). The SMILES string of the molecule is COc1ccc(NC(=O)C(=O)NC[C@@H](c2ccco2)N2CCc3ccccc3C2)cc1OC. The number of benzene rings is 2. The maximum atomic E-state index is 12.6. The molecule has 0 radical (unpaired) electrons. The average Bonchev–Trinajstić information content (AvgIpc) is 3.38. The third-order valence-corrected chi connectivity index (χ3v) is 5.78. The van der Waals surface area contributed by atoms with Gasteiger partial charge in [0.15, 0.2) is 11.5 Å². The molecule has 1 atom stereocenters. The number of furan rings is 1. The molecule has 2 aromatic carbocycles. The summed E-state index contributed by atoms with van der Waals surface area (Å²) < 4.78 is 16.1. The van der Waals surface area contributed by atoms with Gasteiger partial charge in [-0.25, -0.2) is 0 Å². The summed E-state index contributed by atoms with van der Waals surface area (Å²) in [4.78, 5) is 27.3. The molecular formula is C25H27N3O5. The summed E-state index contributed by atoms with van der Waals surface area (Å²) >= 11 is 0. The lowest BCUT2D eigenvalue weighted by Crippen LogP contribution is -2.43. The first-order valence-corrected chi connectivity index (χ1v) is 10.7. The number of methoxy groups -OCH3 is 2. The van der Waals surface area contributed by atoms with Crippen LogP contribution in [0.2, 0.25) is 0 Å². The highest BCUT2D eigenvalue weighted by Gasteiger charge is 2.28. The number of hydrogen-bond donors (Lipinski definition) is 2. The second kappa shape index (κ2) is 10.2. The zero-order chi connectivity index (χ0) is 23.2. The van der Waals surface area contributed by atoms with Gasteiger partial charge in [0.25, 0.3) is 0 Å². The van der Waals surface area contributed by atoms with E-state index in [0.29, 0.717) is 17.2 Å². The lowest BCUT2D eigenvalue weighted by Gasteiger charge is -2.34. The van der Waals surface area contributed by atoms with Gasteiger partial charge in [-0.3, -0.25) is 14.5 Å². The molecule has 0 aliphatic carbocycles. The van der Waals surface area contributed by atoms with Crippen LogP contribution in [0.4, 0.5) is 5.69 Å². The van der Waals surface area contributed by atoms with Crippen LogP contribution in [-0.4, -0.2) is 44.0 Å². The Morgan fingerprint density at radius 2 is 1.79 bits per heavy atom. The van der Waals surface area contributed by atoms with Crippen molar-refractivity contribution in [2.24, 2.45) is 0 Å². The van der Waals surface area contributed by atoms with Gasteiger partial charge in [-0.05, 0) is 41.8 Å².